The molecular formula is C17H19NO2. The number of hydrogen-bond donors (Lipinski definition) is 0. The molecule has 0 fully saturated rings. The van der Waals surface area contributed by atoms with Gasteiger partial charge < -0.3 is 9.47 Å². The molecule has 2 aromatic carbocycles. The number of nitrogens with zero attached hydrogens (tertiary/aromatic N) is 1. The van der Waals surface area contributed by atoms with E-state index in [1.165, 1.54) is 5.56 Å². The minimum atomic E-state index is 0.706. The number of ether oxygens (including phenoxy) is 2. The van der Waals surface area contributed by atoms with Crippen molar-refractivity contribution in [3.63, 3.8) is 0 Å². The van der Waals surface area contributed by atoms with Crippen molar-refractivity contribution >= 4 is 11.9 Å². The number of methoxy groups -OCH3 is 2. The minimum Gasteiger partial charge on any atom is -0.493 e. The van der Waals surface area contributed by atoms with Gasteiger partial charge in [0.2, 0.25) is 0 Å². The zero-order valence-electron chi connectivity index (χ0n) is 12.3. The Bertz CT molecular complexity index is 633. The molecule has 3 nitrogen and oxygen atoms in total. The molecule has 0 saturated heterocycles. The van der Waals surface area contributed by atoms with Crippen molar-refractivity contribution in [1.29, 1.82) is 0 Å². The SMILES string of the molecule is COc1ccc(C=Nc2cc(C)ccc2C)cc1OC. The molecule has 2 aromatic rings. The van der Waals surface area contributed by atoms with Crippen molar-refractivity contribution in [1.82, 2.24) is 0 Å². The zero-order chi connectivity index (χ0) is 14.5. The first-order chi connectivity index (χ1) is 9.63. The predicted octanol–water partition coefficient (Wildman–Crippen LogP) is 4.07. The second kappa shape index (κ2) is 6.24. The Kier molecular flexibility index (Phi) is 4.41. The highest BCUT2D eigenvalue weighted by atomic mass is 16.5. The van der Waals surface area contributed by atoms with Crippen LogP contribution in [0.4, 0.5) is 5.69 Å². The summed E-state index contributed by atoms with van der Waals surface area (Å²) >= 11 is 0. The van der Waals surface area contributed by atoms with Crippen molar-refractivity contribution in [3.8, 4) is 11.5 Å². The number of hydrogen-bond acceptors (Lipinski definition) is 3. The summed E-state index contributed by atoms with van der Waals surface area (Å²) in [6.07, 6.45) is 1.84. The third kappa shape index (κ3) is 3.18. The summed E-state index contributed by atoms with van der Waals surface area (Å²) in [5, 5.41) is 0. The first kappa shape index (κ1) is 14.1. The third-order valence-corrected chi connectivity index (χ3v) is 3.12. The standard InChI is InChI=1S/C17H19NO2/c1-12-5-6-13(2)15(9-12)18-11-14-7-8-16(19-3)17(10-14)20-4/h5-11H,1-4H3. The van der Waals surface area contributed by atoms with Gasteiger partial charge in [0.1, 0.15) is 0 Å². The Labute approximate surface area is 119 Å². The summed E-state index contributed by atoms with van der Waals surface area (Å²) in [6.45, 7) is 4.12. The Morgan fingerprint density at radius 3 is 2.35 bits per heavy atom. The van der Waals surface area contributed by atoms with Gasteiger partial charge >= 0.3 is 0 Å². The molecule has 0 unspecified atom stereocenters. The van der Waals surface area contributed by atoms with E-state index in [0.717, 1.165) is 22.6 Å². The molecule has 0 aliphatic rings. The van der Waals surface area contributed by atoms with E-state index < -0.39 is 0 Å². The highest BCUT2D eigenvalue weighted by Gasteiger charge is 2.03. The van der Waals surface area contributed by atoms with Crippen LogP contribution in [-0.2, 0) is 0 Å². The smallest absolute Gasteiger partial charge is 0.161 e. The monoisotopic (exact) mass is 269 g/mol. The van der Waals surface area contributed by atoms with Crippen LogP contribution in [0.25, 0.3) is 0 Å². The fourth-order valence-corrected chi connectivity index (χ4v) is 1.94. The van der Waals surface area contributed by atoms with Crippen molar-refractivity contribution < 1.29 is 9.47 Å². The Morgan fingerprint density at radius 2 is 1.65 bits per heavy atom. The molecule has 0 bridgehead atoms. The van der Waals surface area contributed by atoms with E-state index in [4.69, 9.17) is 9.47 Å². The number of rotatable bonds is 4. The Balaban J connectivity index is 2.29. The lowest BCUT2D eigenvalue weighted by atomic mass is 10.1. The van der Waals surface area contributed by atoms with E-state index in [1.54, 1.807) is 14.2 Å². The van der Waals surface area contributed by atoms with Crippen molar-refractivity contribution in [3.05, 3.63) is 53.1 Å². The molecule has 3 heteroatoms. The highest BCUT2D eigenvalue weighted by molar-refractivity contribution is 5.83. The summed E-state index contributed by atoms with van der Waals surface area (Å²) in [5.74, 6) is 1.42. The van der Waals surface area contributed by atoms with Gasteiger partial charge in [-0.2, -0.15) is 0 Å². The largest absolute Gasteiger partial charge is 0.493 e. The van der Waals surface area contributed by atoms with Gasteiger partial charge in [0.25, 0.3) is 0 Å². The summed E-state index contributed by atoms with van der Waals surface area (Å²) in [6, 6.07) is 12.0. The summed E-state index contributed by atoms with van der Waals surface area (Å²) in [5.41, 5.74) is 4.32. The molecule has 0 spiro atoms. The van der Waals surface area contributed by atoms with E-state index in [-0.39, 0.29) is 0 Å². The van der Waals surface area contributed by atoms with Gasteiger partial charge in [-0.05, 0) is 54.8 Å². The predicted molar refractivity (Wildman–Crippen MR) is 82.7 cm³/mol. The maximum absolute atomic E-state index is 5.29. The van der Waals surface area contributed by atoms with Crippen molar-refractivity contribution in [2.75, 3.05) is 14.2 Å². The van der Waals surface area contributed by atoms with Crippen molar-refractivity contribution in [2.45, 2.75) is 13.8 Å². The van der Waals surface area contributed by atoms with Crippen LogP contribution in [0.15, 0.2) is 41.4 Å². The first-order valence-electron chi connectivity index (χ1n) is 6.47. The Hall–Kier alpha value is -2.29. The molecule has 0 radical (unpaired) electrons. The van der Waals surface area contributed by atoms with E-state index in [9.17, 15) is 0 Å². The third-order valence-electron chi connectivity index (χ3n) is 3.12. The van der Waals surface area contributed by atoms with Gasteiger partial charge in [0.05, 0.1) is 19.9 Å². The molecule has 0 aliphatic heterocycles. The van der Waals surface area contributed by atoms with Gasteiger partial charge in [-0.15, -0.1) is 0 Å². The molecule has 0 saturated carbocycles. The summed E-state index contributed by atoms with van der Waals surface area (Å²) in [4.78, 5) is 4.55. The van der Waals surface area contributed by atoms with Crippen LogP contribution in [-0.4, -0.2) is 20.4 Å². The van der Waals surface area contributed by atoms with E-state index in [2.05, 4.69) is 37.0 Å². The molecule has 0 atom stereocenters. The lowest BCUT2D eigenvalue weighted by Crippen LogP contribution is -1.92. The molecular weight excluding hydrogens is 250 g/mol. The number of aliphatic imine (C=N–C) groups is 1. The van der Waals surface area contributed by atoms with Crippen LogP contribution < -0.4 is 9.47 Å². The first-order valence-corrected chi connectivity index (χ1v) is 6.47. The van der Waals surface area contributed by atoms with Gasteiger partial charge in [0.15, 0.2) is 11.5 Å². The fourth-order valence-electron chi connectivity index (χ4n) is 1.94. The molecule has 104 valence electrons. The average Bonchev–Trinajstić information content (AvgIpc) is 2.47. The average molecular weight is 269 g/mol. The molecule has 2 rings (SSSR count). The van der Waals surface area contributed by atoms with E-state index in [1.807, 2.05) is 24.4 Å². The second-order valence-electron chi connectivity index (χ2n) is 4.66. The minimum absolute atomic E-state index is 0.706. The zero-order valence-corrected chi connectivity index (χ0v) is 12.3. The summed E-state index contributed by atoms with van der Waals surface area (Å²) in [7, 11) is 3.26. The van der Waals surface area contributed by atoms with E-state index in [0.29, 0.717) is 5.75 Å². The molecule has 0 aromatic heterocycles. The maximum atomic E-state index is 5.29. The number of benzene rings is 2. The van der Waals surface area contributed by atoms with Gasteiger partial charge in [-0.25, -0.2) is 0 Å². The van der Waals surface area contributed by atoms with Crippen molar-refractivity contribution in [2.24, 2.45) is 4.99 Å². The van der Waals surface area contributed by atoms with Gasteiger partial charge in [0, 0.05) is 6.21 Å². The molecule has 0 N–H and O–H groups in total. The van der Waals surface area contributed by atoms with Crippen LogP contribution in [0.3, 0.4) is 0 Å². The Morgan fingerprint density at radius 1 is 0.900 bits per heavy atom. The topological polar surface area (TPSA) is 30.8 Å². The second-order valence-corrected chi connectivity index (χ2v) is 4.66. The van der Waals surface area contributed by atoms with E-state index >= 15 is 0 Å². The highest BCUT2D eigenvalue weighted by Crippen LogP contribution is 2.27. The molecule has 0 aliphatic carbocycles. The van der Waals surface area contributed by atoms with Crippen LogP contribution in [0, 0.1) is 13.8 Å². The van der Waals surface area contributed by atoms with Crippen LogP contribution in [0.1, 0.15) is 16.7 Å². The molecule has 0 amide bonds. The maximum Gasteiger partial charge on any atom is 0.161 e. The molecule has 0 heterocycles. The lowest BCUT2D eigenvalue weighted by molar-refractivity contribution is 0.355. The van der Waals surface area contributed by atoms with Gasteiger partial charge in [-0.1, -0.05) is 12.1 Å². The quantitative estimate of drug-likeness (QED) is 0.783. The fraction of sp³-hybridized carbons (Fsp3) is 0.235. The van der Waals surface area contributed by atoms with Crippen LogP contribution in [0.2, 0.25) is 0 Å². The van der Waals surface area contributed by atoms with Crippen LogP contribution >= 0.6 is 0 Å². The lowest BCUT2D eigenvalue weighted by Gasteiger charge is -2.07. The van der Waals surface area contributed by atoms with Crippen LogP contribution in [0.5, 0.6) is 11.5 Å². The number of aryl methyl sites for hydroxylation is 2. The summed E-state index contributed by atoms with van der Waals surface area (Å²) < 4.78 is 10.5. The van der Waals surface area contributed by atoms with Gasteiger partial charge in [-0.3, -0.25) is 4.99 Å². The molecule has 20 heavy (non-hydrogen) atoms. The normalized spacial score (nSPS) is 10.8.